The molecular weight excluding hydrogens is 539 g/mol. The van der Waals surface area contributed by atoms with Crippen molar-refractivity contribution in [3.8, 4) is 0 Å². The van der Waals surface area contributed by atoms with Crippen molar-refractivity contribution < 1.29 is 8.42 Å². The van der Waals surface area contributed by atoms with Crippen LogP contribution >= 0.6 is 35.5 Å². The van der Waals surface area contributed by atoms with Crippen LogP contribution in [0, 0.1) is 0 Å². The van der Waals surface area contributed by atoms with Crippen LogP contribution in [-0.2, 0) is 16.4 Å². The molecule has 13 heteroatoms. The molecular formula is C17H27IN8O2S2. The standard InChI is InChI=1S/C17H26N8O2S2.HI/c1-3-15-22-17(28-23-15)25-11-9-24(10-12-25)16(18-2)20-7-8-21-29(26,27)14-5-4-6-19-13-14;/h4-6,13,21H,3,7-12H2,1-2H3,(H,18,20);1H. The lowest BCUT2D eigenvalue weighted by Gasteiger charge is -2.36. The Kier molecular flexibility index (Phi) is 9.64. The molecule has 1 aliphatic heterocycles. The van der Waals surface area contributed by atoms with Gasteiger partial charge in [-0.1, -0.05) is 6.92 Å². The van der Waals surface area contributed by atoms with Gasteiger partial charge in [0, 0.05) is 76.7 Å². The number of anilines is 1. The second-order valence-electron chi connectivity index (χ2n) is 6.38. The average Bonchev–Trinajstić information content (AvgIpc) is 3.24. The van der Waals surface area contributed by atoms with E-state index in [4.69, 9.17) is 0 Å². The monoisotopic (exact) mass is 566 g/mol. The lowest BCUT2D eigenvalue weighted by molar-refractivity contribution is 0.372. The number of pyridine rings is 1. The number of halogens is 1. The number of hydrogen-bond donors (Lipinski definition) is 2. The van der Waals surface area contributed by atoms with E-state index in [2.05, 4.69) is 46.1 Å². The van der Waals surface area contributed by atoms with Gasteiger partial charge in [0.05, 0.1) is 0 Å². The normalized spacial score (nSPS) is 15.1. The van der Waals surface area contributed by atoms with E-state index in [0.717, 1.165) is 49.5 Å². The van der Waals surface area contributed by atoms with E-state index in [9.17, 15) is 8.42 Å². The molecule has 0 bridgehead atoms. The van der Waals surface area contributed by atoms with Crippen LogP contribution in [0.5, 0.6) is 0 Å². The Balaban J connectivity index is 0.00000320. The molecule has 0 aromatic carbocycles. The number of piperazine rings is 1. The highest BCUT2D eigenvalue weighted by molar-refractivity contribution is 14.0. The first kappa shape index (κ1) is 24.7. The smallest absolute Gasteiger partial charge is 0.242 e. The van der Waals surface area contributed by atoms with Crippen LogP contribution in [0.15, 0.2) is 34.4 Å². The Morgan fingerprint density at radius 2 is 2.03 bits per heavy atom. The van der Waals surface area contributed by atoms with Gasteiger partial charge in [-0.3, -0.25) is 9.98 Å². The van der Waals surface area contributed by atoms with Gasteiger partial charge in [0.1, 0.15) is 10.7 Å². The fourth-order valence-corrected chi connectivity index (χ4v) is 4.70. The van der Waals surface area contributed by atoms with Gasteiger partial charge < -0.3 is 15.1 Å². The van der Waals surface area contributed by atoms with Crippen molar-refractivity contribution in [3.05, 3.63) is 30.4 Å². The Hall–Kier alpha value is -1.58. The molecule has 0 spiro atoms. The maximum absolute atomic E-state index is 12.2. The summed E-state index contributed by atoms with van der Waals surface area (Å²) in [5.74, 6) is 1.65. The summed E-state index contributed by atoms with van der Waals surface area (Å²) in [7, 11) is -1.82. The minimum absolute atomic E-state index is 0. The number of rotatable bonds is 7. The van der Waals surface area contributed by atoms with Crippen LogP contribution < -0.4 is 14.9 Å². The van der Waals surface area contributed by atoms with Gasteiger partial charge in [-0.05, 0) is 12.1 Å². The minimum Gasteiger partial charge on any atom is -0.355 e. The molecule has 0 amide bonds. The van der Waals surface area contributed by atoms with Gasteiger partial charge >= 0.3 is 0 Å². The molecule has 2 aromatic heterocycles. The van der Waals surface area contributed by atoms with Crippen molar-refractivity contribution in [2.75, 3.05) is 51.2 Å². The fraction of sp³-hybridized carbons (Fsp3) is 0.529. The minimum atomic E-state index is -3.55. The Morgan fingerprint density at radius 3 is 2.63 bits per heavy atom. The predicted molar refractivity (Wildman–Crippen MR) is 129 cm³/mol. The average molecular weight is 566 g/mol. The molecule has 1 saturated heterocycles. The summed E-state index contributed by atoms with van der Waals surface area (Å²) in [4.78, 5) is 17.3. The number of aryl methyl sites for hydroxylation is 1. The highest BCUT2D eigenvalue weighted by Gasteiger charge is 2.22. The van der Waals surface area contributed by atoms with E-state index in [1.54, 1.807) is 13.1 Å². The van der Waals surface area contributed by atoms with Crippen LogP contribution in [0.2, 0.25) is 0 Å². The first-order chi connectivity index (χ1) is 14.0. The Labute approximate surface area is 198 Å². The molecule has 1 aliphatic rings. The second-order valence-corrected chi connectivity index (χ2v) is 8.88. The summed E-state index contributed by atoms with van der Waals surface area (Å²) in [6.07, 6.45) is 3.71. The van der Waals surface area contributed by atoms with Crippen molar-refractivity contribution in [3.63, 3.8) is 0 Å². The Bertz CT molecular complexity index is 915. The molecule has 30 heavy (non-hydrogen) atoms. The zero-order valence-electron chi connectivity index (χ0n) is 17.0. The quantitative estimate of drug-likeness (QED) is 0.219. The molecule has 3 heterocycles. The SMILES string of the molecule is CCc1nsc(N2CCN(C(=NC)NCCNS(=O)(=O)c3cccnc3)CC2)n1.I. The summed E-state index contributed by atoms with van der Waals surface area (Å²) in [5.41, 5.74) is 0. The predicted octanol–water partition coefficient (Wildman–Crippen LogP) is 0.789. The van der Waals surface area contributed by atoms with Gasteiger partial charge in [-0.2, -0.15) is 4.37 Å². The van der Waals surface area contributed by atoms with E-state index in [1.807, 2.05) is 0 Å². The number of aliphatic imine (C=N–C) groups is 1. The van der Waals surface area contributed by atoms with Crippen molar-refractivity contribution >= 4 is 56.6 Å². The Morgan fingerprint density at radius 1 is 1.27 bits per heavy atom. The first-order valence-electron chi connectivity index (χ1n) is 9.46. The zero-order chi connectivity index (χ0) is 20.7. The number of aromatic nitrogens is 3. The molecule has 0 radical (unpaired) electrons. The largest absolute Gasteiger partial charge is 0.355 e. The summed E-state index contributed by atoms with van der Waals surface area (Å²) < 4.78 is 31.3. The summed E-state index contributed by atoms with van der Waals surface area (Å²) in [6.45, 7) is 6.03. The van der Waals surface area contributed by atoms with Crippen LogP contribution in [0.4, 0.5) is 5.13 Å². The molecule has 1 fully saturated rings. The van der Waals surface area contributed by atoms with Gasteiger partial charge in [-0.25, -0.2) is 18.1 Å². The fourth-order valence-electron chi connectivity index (χ4n) is 2.91. The van der Waals surface area contributed by atoms with Crippen molar-refractivity contribution in [2.24, 2.45) is 4.99 Å². The first-order valence-corrected chi connectivity index (χ1v) is 11.7. The van der Waals surface area contributed by atoms with Crippen molar-refractivity contribution in [1.82, 2.24) is 29.3 Å². The number of hydrogen-bond acceptors (Lipinski definition) is 8. The third-order valence-electron chi connectivity index (χ3n) is 4.48. The lowest BCUT2D eigenvalue weighted by atomic mass is 10.3. The second kappa shape index (κ2) is 11.7. The molecule has 3 rings (SSSR count). The van der Waals surface area contributed by atoms with Gasteiger partial charge in [0.25, 0.3) is 0 Å². The third-order valence-corrected chi connectivity index (χ3v) is 6.74. The van der Waals surface area contributed by atoms with E-state index < -0.39 is 10.0 Å². The molecule has 166 valence electrons. The van der Waals surface area contributed by atoms with Crippen molar-refractivity contribution in [2.45, 2.75) is 18.2 Å². The van der Waals surface area contributed by atoms with E-state index in [0.29, 0.717) is 6.54 Å². The zero-order valence-corrected chi connectivity index (χ0v) is 20.9. The molecule has 0 atom stereocenters. The van der Waals surface area contributed by atoms with E-state index >= 15 is 0 Å². The van der Waals surface area contributed by atoms with Crippen LogP contribution in [0.3, 0.4) is 0 Å². The number of sulfonamides is 1. The lowest BCUT2D eigenvalue weighted by Crippen LogP contribution is -2.53. The molecule has 2 aromatic rings. The number of guanidine groups is 1. The molecule has 10 nitrogen and oxygen atoms in total. The maximum atomic E-state index is 12.2. The molecule has 0 aliphatic carbocycles. The number of nitrogens with one attached hydrogen (secondary N) is 2. The molecule has 2 N–H and O–H groups in total. The highest BCUT2D eigenvalue weighted by atomic mass is 127. The third kappa shape index (κ3) is 6.46. The van der Waals surface area contributed by atoms with Crippen LogP contribution in [-0.4, -0.2) is 79.9 Å². The topological polar surface area (TPSA) is 116 Å². The van der Waals surface area contributed by atoms with Gasteiger partial charge in [-0.15, -0.1) is 24.0 Å². The van der Waals surface area contributed by atoms with E-state index in [-0.39, 0.29) is 35.4 Å². The van der Waals surface area contributed by atoms with E-state index in [1.165, 1.54) is 30.0 Å². The van der Waals surface area contributed by atoms with Crippen LogP contribution in [0.25, 0.3) is 0 Å². The van der Waals surface area contributed by atoms with Gasteiger partial charge in [0.15, 0.2) is 5.96 Å². The van der Waals surface area contributed by atoms with Crippen molar-refractivity contribution in [1.29, 1.82) is 0 Å². The highest BCUT2D eigenvalue weighted by Crippen LogP contribution is 2.19. The summed E-state index contributed by atoms with van der Waals surface area (Å²) in [5, 5.41) is 4.19. The maximum Gasteiger partial charge on any atom is 0.242 e. The molecule has 0 saturated carbocycles. The van der Waals surface area contributed by atoms with Gasteiger partial charge in [0.2, 0.25) is 15.2 Å². The molecule has 0 unspecified atom stereocenters. The number of nitrogens with zero attached hydrogens (tertiary/aromatic N) is 6. The summed E-state index contributed by atoms with van der Waals surface area (Å²) >= 11 is 1.44. The van der Waals surface area contributed by atoms with Crippen LogP contribution in [0.1, 0.15) is 12.7 Å². The summed E-state index contributed by atoms with van der Waals surface area (Å²) in [6, 6.07) is 3.11.